The highest BCUT2D eigenvalue weighted by atomic mass is 127. The van der Waals surface area contributed by atoms with Crippen molar-refractivity contribution >= 4 is 52.9 Å². The number of amides is 1. The topological polar surface area (TPSA) is 47.9 Å². The van der Waals surface area contributed by atoms with Crippen molar-refractivity contribution in [3.8, 4) is 0 Å². The number of fused-ring (bicyclic) bond motifs is 2. The minimum Gasteiger partial charge on any atom is -0.347 e. The second-order valence-corrected chi connectivity index (χ2v) is 7.37. The summed E-state index contributed by atoms with van der Waals surface area (Å²) in [5.74, 6) is 0.900. The quantitative estimate of drug-likeness (QED) is 0.407. The fourth-order valence-corrected chi connectivity index (χ4v) is 4.47. The number of thiophene rings is 1. The lowest BCUT2D eigenvalue weighted by Crippen LogP contribution is -2.47. The molecule has 7 heteroatoms. The number of benzene rings is 1. The van der Waals surface area contributed by atoms with Gasteiger partial charge in [-0.1, -0.05) is 18.2 Å². The molecule has 26 heavy (non-hydrogen) atoms. The minimum absolute atomic E-state index is 0. The predicted molar refractivity (Wildman–Crippen MR) is 118 cm³/mol. The maximum Gasteiger partial charge on any atom is 0.242 e. The van der Waals surface area contributed by atoms with Crippen LogP contribution >= 0.6 is 35.3 Å². The number of rotatable bonds is 2. The summed E-state index contributed by atoms with van der Waals surface area (Å²) in [5.41, 5.74) is 3.81. The van der Waals surface area contributed by atoms with Crippen LogP contribution < -0.4 is 10.2 Å². The van der Waals surface area contributed by atoms with E-state index >= 15 is 0 Å². The monoisotopic (exact) mass is 482 g/mol. The average Bonchev–Trinajstić information content (AvgIpc) is 3.28. The molecule has 2 aliphatic rings. The van der Waals surface area contributed by atoms with Crippen molar-refractivity contribution in [2.75, 3.05) is 31.6 Å². The van der Waals surface area contributed by atoms with Crippen LogP contribution in [0.25, 0.3) is 0 Å². The van der Waals surface area contributed by atoms with E-state index in [-0.39, 0.29) is 36.4 Å². The number of nitrogens with one attached hydrogen (secondary N) is 1. The molecule has 4 rings (SSSR count). The third-order valence-electron chi connectivity index (χ3n) is 4.91. The van der Waals surface area contributed by atoms with Gasteiger partial charge in [0, 0.05) is 37.2 Å². The van der Waals surface area contributed by atoms with Gasteiger partial charge in [-0.3, -0.25) is 9.79 Å². The van der Waals surface area contributed by atoms with E-state index in [9.17, 15) is 4.79 Å². The van der Waals surface area contributed by atoms with E-state index in [1.807, 2.05) is 11.0 Å². The molecule has 3 heterocycles. The first-order valence-corrected chi connectivity index (χ1v) is 9.53. The lowest BCUT2D eigenvalue weighted by Gasteiger charge is -2.28. The number of aliphatic imine (C=N–C) groups is 1. The summed E-state index contributed by atoms with van der Waals surface area (Å²) >= 11 is 1.79. The molecule has 2 aliphatic heterocycles. The fraction of sp³-hybridized carbons (Fsp3) is 0.368. The summed E-state index contributed by atoms with van der Waals surface area (Å²) in [5, 5.41) is 5.37. The highest BCUT2D eigenvalue weighted by molar-refractivity contribution is 14.0. The van der Waals surface area contributed by atoms with Gasteiger partial charge in [0.25, 0.3) is 0 Å². The Morgan fingerprint density at radius 3 is 2.88 bits per heavy atom. The zero-order valence-electron chi connectivity index (χ0n) is 14.8. The summed E-state index contributed by atoms with van der Waals surface area (Å²) in [7, 11) is 1.77. The molecule has 0 unspecified atom stereocenters. The maximum atomic E-state index is 12.6. The third-order valence-corrected chi connectivity index (χ3v) is 5.94. The smallest absolute Gasteiger partial charge is 0.242 e. The van der Waals surface area contributed by atoms with E-state index in [1.54, 1.807) is 18.4 Å². The van der Waals surface area contributed by atoms with Gasteiger partial charge in [0.15, 0.2) is 5.96 Å². The molecule has 0 bridgehead atoms. The highest BCUT2D eigenvalue weighted by Crippen LogP contribution is 2.27. The van der Waals surface area contributed by atoms with Crippen LogP contribution in [0.4, 0.5) is 5.69 Å². The minimum atomic E-state index is 0. The van der Waals surface area contributed by atoms with Crippen LogP contribution in [0, 0.1) is 0 Å². The van der Waals surface area contributed by atoms with Crippen molar-refractivity contribution in [3.63, 3.8) is 0 Å². The van der Waals surface area contributed by atoms with Gasteiger partial charge < -0.3 is 15.1 Å². The standard InChI is InChI=1S/C19H22N4OS.HI/c1-20-19(23-10-6-14-4-2-3-5-16(14)23)21-12-18(24)22-9-7-17-15(13-22)8-11-25-17;/h2-5,8,11H,6-7,9-10,12-13H2,1H3,(H,20,21);1H. The molecule has 0 fully saturated rings. The van der Waals surface area contributed by atoms with Gasteiger partial charge in [0.2, 0.25) is 5.91 Å². The van der Waals surface area contributed by atoms with E-state index in [0.29, 0.717) is 0 Å². The van der Waals surface area contributed by atoms with Crippen molar-refractivity contribution in [1.29, 1.82) is 0 Å². The third kappa shape index (κ3) is 3.73. The molecule has 0 saturated heterocycles. The Bertz CT molecular complexity index is 819. The van der Waals surface area contributed by atoms with Crippen LogP contribution in [0.15, 0.2) is 40.7 Å². The van der Waals surface area contributed by atoms with Crippen LogP contribution in [-0.4, -0.2) is 43.4 Å². The number of nitrogens with zero attached hydrogens (tertiary/aromatic N) is 3. The van der Waals surface area contributed by atoms with Gasteiger partial charge in [-0.25, -0.2) is 0 Å². The van der Waals surface area contributed by atoms with Gasteiger partial charge in [-0.15, -0.1) is 35.3 Å². The number of anilines is 1. The van der Waals surface area contributed by atoms with Crippen molar-refractivity contribution < 1.29 is 4.79 Å². The van der Waals surface area contributed by atoms with E-state index in [0.717, 1.165) is 38.4 Å². The lowest BCUT2D eigenvalue weighted by atomic mass is 10.1. The van der Waals surface area contributed by atoms with Crippen LogP contribution in [0.5, 0.6) is 0 Å². The van der Waals surface area contributed by atoms with Crippen molar-refractivity contribution in [1.82, 2.24) is 10.2 Å². The van der Waals surface area contributed by atoms with E-state index in [2.05, 4.69) is 44.9 Å². The molecule has 0 atom stereocenters. The molecule has 0 saturated carbocycles. The Kier molecular flexibility index (Phi) is 6.18. The summed E-state index contributed by atoms with van der Waals surface area (Å²) in [6, 6.07) is 10.5. The number of hydrogen-bond donors (Lipinski definition) is 1. The number of hydrogen-bond acceptors (Lipinski definition) is 3. The number of halogens is 1. The molecule has 1 N–H and O–H groups in total. The molecule has 1 aromatic carbocycles. The van der Waals surface area contributed by atoms with Gasteiger partial charge >= 0.3 is 0 Å². The van der Waals surface area contributed by atoms with Gasteiger partial charge in [-0.2, -0.15) is 0 Å². The first kappa shape index (κ1) is 19.2. The molecule has 5 nitrogen and oxygen atoms in total. The Morgan fingerprint density at radius 1 is 1.19 bits per heavy atom. The average molecular weight is 482 g/mol. The predicted octanol–water partition coefficient (Wildman–Crippen LogP) is 2.89. The molecule has 1 aromatic heterocycles. The lowest BCUT2D eigenvalue weighted by molar-refractivity contribution is -0.130. The second kappa shape index (κ2) is 8.39. The van der Waals surface area contributed by atoms with Crippen LogP contribution in [-0.2, 0) is 24.2 Å². The normalized spacial score (nSPS) is 16.0. The van der Waals surface area contributed by atoms with Crippen LogP contribution in [0.1, 0.15) is 16.0 Å². The van der Waals surface area contributed by atoms with Gasteiger partial charge in [0.1, 0.15) is 0 Å². The van der Waals surface area contributed by atoms with Crippen LogP contribution in [0.3, 0.4) is 0 Å². The van der Waals surface area contributed by atoms with Crippen molar-refractivity contribution in [3.05, 3.63) is 51.7 Å². The van der Waals surface area contributed by atoms with E-state index in [1.165, 1.54) is 21.7 Å². The first-order valence-electron chi connectivity index (χ1n) is 8.65. The summed E-state index contributed by atoms with van der Waals surface area (Å²) in [6.07, 6.45) is 1.98. The molecule has 1 amide bonds. The van der Waals surface area contributed by atoms with E-state index in [4.69, 9.17) is 0 Å². The Balaban J connectivity index is 0.00000196. The van der Waals surface area contributed by atoms with Gasteiger partial charge in [0.05, 0.1) is 6.54 Å². The molecule has 138 valence electrons. The second-order valence-electron chi connectivity index (χ2n) is 6.37. The maximum absolute atomic E-state index is 12.6. The van der Waals surface area contributed by atoms with Gasteiger partial charge in [-0.05, 0) is 41.5 Å². The van der Waals surface area contributed by atoms with Crippen LogP contribution in [0.2, 0.25) is 0 Å². The number of para-hydroxylation sites is 1. The highest BCUT2D eigenvalue weighted by Gasteiger charge is 2.25. The Hall–Kier alpha value is -1.61. The fourth-order valence-electron chi connectivity index (χ4n) is 3.58. The molecular weight excluding hydrogens is 459 g/mol. The molecule has 0 radical (unpaired) electrons. The summed E-state index contributed by atoms with van der Waals surface area (Å²) in [6.45, 7) is 2.71. The summed E-state index contributed by atoms with van der Waals surface area (Å²) in [4.78, 5) is 22.5. The van der Waals surface area contributed by atoms with E-state index < -0.39 is 0 Å². The van der Waals surface area contributed by atoms with Crippen molar-refractivity contribution in [2.45, 2.75) is 19.4 Å². The Morgan fingerprint density at radius 2 is 2.04 bits per heavy atom. The zero-order valence-corrected chi connectivity index (χ0v) is 17.9. The molecule has 0 spiro atoms. The first-order chi connectivity index (χ1) is 12.3. The number of carbonyl (C=O) groups is 1. The summed E-state index contributed by atoms with van der Waals surface area (Å²) < 4.78 is 0. The zero-order chi connectivity index (χ0) is 17.2. The SMILES string of the molecule is CN=C(NCC(=O)N1CCc2sccc2C1)N1CCc2ccccc21.I. The van der Waals surface area contributed by atoms with Crippen molar-refractivity contribution in [2.24, 2.45) is 4.99 Å². The molecule has 2 aromatic rings. The Labute approximate surface area is 175 Å². The molecule has 0 aliphatic carbocycles. The molecular formula is C19H23IN4OS. The largest absolute Gasteiger partial charge is 0.347 e. The number of carbonyl (C=O) groups excluding carboxylic acids is 1. The number of guanidine groups is 1.